The Kier molecular flexibility index (Phi) is 7.92. The number of nitrogens with zero attached hydrogens (tertiary/aromatic N) is 1. The summed E-state index contributed by atoms with van der Waals surface area (Å²) in [5.74, 6) is -0.420. The van der Waals surface area contributed by atoms with Crippen LogP contribution in [0.3, 0.4) is 0 Å². The van der Waals surface area contributed by atoms with Gasteiger partial charge in [0.25, 0.3) is 0 Å². The van der Waals surface area contributed by atoms with Crippen LogP contribution in [-0.4, -0.2) is 103 Å². The van der Waals surface area contributed by atoms with Crippen LogP contribution in [0.5, 0.6) is 0 Å². The molecule has 0 bridgehead atoms. The fraction of sp³-hybridized carbons (Fsp3) is 0.938. The van der Waals surface area contributed by atoms with Gasteiger partial charge in [0.1, 0.15) is 18.3 Å². The first kappa shape index (κ1) is 22.4. The first-order chi connectivity index (χ1) is 12.8. The summed E-state index contributed by atoms with van der Waals surface area (Å²) in [7, 11) is 2.84. The number of nitrogens with two attached hydrogens (primary N) is 4. The van der Waals surface area contributed by atoms with Gasteiger partial charge in [0.2, 0.25) is 5.91 Å². The van der Waals surface area contributed by atoms with E-state index in [0.29, 0.717) is 19.4 Å². The topological polar surface area (TPSA) is 193 Å². The summed E-state index contributed by atoms with van der Waals surface area (Å²) in [5.41, 5.74) is 23.3. The fourth-order valence-corrected chi connectivity index (χ4v) is 3.78. The normalized spacial score (nSPS) is 42.7. The lowest BCUT2D eigenvalue weighted by Gasteiger charge is -2.50. The van der Waals surface area contributed by atoms with E-state index in [0.717, 1.165) is 0 Å². The number of hydrogen-bond acceptors (Lipinski definition) is 10. The summed E-state index contributed by atoms with van der Waals surface area (Å²) in [6, 6.07) is -2.31. The van der Waals surface area contributed by atoms with Gasteiger partial charge in [-0.25, -0.2) is 0 Å². The van der Waals surface area contributed by atoms with Crippen molar-refractivity contribution in [1.82, 2.24) is 4.90 Å². The predicted octanol–water partition coefficient (Wildman–Crippen LogP) is -3.97. The van der Waals surface area contributed by atoms with E-state index < -0.39 is 54.7 Å². The number of methoxy groups -OCH3 is 1. The number of aliphatic hydroxyl groups excluding tert-OH is 2. The van der Waals surface area contributed by atoms with Gasteiger partial charge in [0, 0.05) is 20.7 Å². The second kappa shape index (κ2) is 9.54. The third kappa shape index (κ3) is 4.58. The third-order valence-corrected chi connectivity index (χ3v) is 5.47. The molecule has 0 aromatic heterocycles. The molecular formula is C16H33N5O6. The van der Waals surface area contributed by atoms with E-state index >= 15 is 0 Å². The highest BCUT2D eigenvalue weighted by atomic mass is 16.7. The summed E-state index contributed by atoms with van der Waals surface area (Å²) >= 11 is 0. The monoisotopic (exact) mass is 391 g/mol. The Morgan fingerprint density at radius 2 is 1.85 bits per heavy atom. The van der Waals surface area contributed by atoms with Crippen LogP contribution in [0.15, 0.2) is 0 Å². The molecule has 0 unspecified atom stereocenters. The molecular weight excluding hydrogens is 358 g/mol. The summed E-state index contributed by atoms with van der Waals surface area (Å²) in [6.45, 7) is 0.0647. The van der Waals surface area contributed by atoms with Gasteiger partial charge in [0.15, 0.2) is 6.29 Å². The Hall–Kier alpha value is -0.890. The van der Waals surface area contributed by atoms with Crippen molar-refractivity contribution < 1.29 is 29.2 Å². The van der Waals surface area contributed by atoms with E-state index in [1.165, 1.54) is 19.1 Å². The maximum absolute atomic E-state index is 12.1. The molecule has 1 aliphatic heterocycles. The molecule has 1 heterocycles. The molecule has 11 heteroatoms. The Bertz CT molecular complexity index is 500. The molecule has 10 N–H and O–H groups in total. The predicted molar refractivity (Wildman–Crippen MR) is 96.2 cm³/mol. The first-order valence-corrected chi connectivity index (χ1v) is 9.13. The van der Waals surface area contributed by atoms with Crippen LogP contribution in [0.1, 0.15) is 12.8 Å². The molecule has 11 nitrogen and oxygen atoms in total. The van der Waals surface area contributed by atoms with Crippen LogP contribution >= 0.6 is 0 Å². The van der Waals surface area contributed by atoms with Crippen molar-refractivity contribution in [2.24, 2.45) is 22.9 Å². The maximum Gasteiger partial charge on any atom is 0.236 e. The third-order valence-electron chi connectivity index (χ3n) is 5.47. The second-order valence-corrected chi connectivity index (χ2v) is 7.16. The van der Waals surface area contributed by atoms with Crippen molar-refractivity contribution in [2.75, 3.05) is 27.2 Å². The van der Waals surface area contributed by atoms with E-state index in [9.17, 15) is 15.0 Å². The lowest BCUT2D eigenvalue weighted by Crippen LogP contribution is -2.72. The van der Waals surface area contributed by atoms with Crippen molar-refractivity contribution in [2.45, 2.75) is 67.8 Å². The Morgan fingerprint density at radius 1 is 1.19 bits per heavy atom. The van der Waals surface area contributed by atoms with Gasteiger partial charge in [-0.3, -0.25) is 4.79 Å². The summed E-state index contributed by atoms with van der Waals surface area (Å²) in [6.07, 6.45) is -4.06. The van der Waals surface area contributed by atoms with E-state index in [-0.39, 0.29) is 12.6 Å². The minimum absolute atomic E-state index is 0.208. The number of carbonyl (C=O) groups excluding carboxylic acids is 1. The van der Waals surface area contributed by atoms with Crippen molar-refractivity contribution in [3.05, 3.63) is 0 Å². The number of likely N-dealkylation sites (N-methyl/N-ethyl adjacent to an activating group) is 1. The highest BCUT2D eigenvalue weighted by Gasteiger charge is 2.53. The van der Waals surface area contributed by atoms with Crippen molar-refractivity contribution in [3.63, 3.8) is 0 Å². The zero-order valence-corrected chi connectivity index (χ0v) is 15.8. The van der Waals surface area contributed by atoms with Crippen molar-refractivity contribution in [3.8, 4) is 0 Å². The van der Waals surface area contributed by atoms with Crippen LogP contribution in [0.4, 0.5) is 0 Å². The highest BCUT2D eigenvalue weighted by molar-refractivity contribution is 5.78. The molecule has 27 heavy (non-hydrogen) atoms. The zero-order valence-electron chi connectivity index (χ0n) is 15.8. The van der Waals surface area contributed by atoms with E-state index in [4.69, 9.17) is 37.1 Å². The van der Waals surface area contributed by atoms with Crippen LogP contribution in [0.2, 0.25) is 0 Å². The number of ether oxygens (including phenoxy) is 3. The van der Waals surface area contributed by atoms with Crippen LogP contribution in [0.25, 0.3) is 0 Å². The van der Waals surface area contributed by atoms with Gasteiger partial charge in [-0.2, -0.15) is 0 Å². The largest absolute Gasteiger partial charge is 0.389 e. The molecule has 2 aliphatic rings. The standard InChI is InChI=1S/C16H33N5O6/c1-21(9(22)6-18)11-13(24)14(10(20)12(23)15(11)25-2)27-16-8(19)4-3-7(5-17)26-16/h7-8,10-16,23-24H,3-6,17-20H2,1-2H3/t7-,8+,10-,11-,12-,13+,14+,15+,16+/m0/s1. The maximum atomic E-state index is 12.1. The van der Waals surface area contributed by atoms with Gasteiger partial charge in [-0.05, 0) is 12.8 Å². The second-order valence-electron chi connectivity index (χ2n) is 7.16. The average Bonchev–Trinajstić information content (AvgIpc) is 2.67. The van der Waals surface area contributed by atoms with Crippen LogP contribution in [-0.2, 0) is 19.0 Å². The highest BCUT2D eigenvalue weighted by Crippen LogP contribution is 2.30. The average molecular weight is 391 g/mol. The summed E-state index contributed by atoms with van der Waals surface area (Å²) in [4.78, 5) is 13.3. The molecule has 2 fully saturated rings. The van der Waals surface area contributed by atoms with E-state index in [1.807, 2.05) is 0 Å². The number of amides is 1. The molecule has 158 valence electrons. The fourth-order valence-electron chi connectivity index (χ4n) is 3.78. The first-order valence-electron chi connectivity index (χ1n) is 9.13. The molecule has 0 aromatic rings. The summed E-state index contributed by atoms with van der Waals surface area (Å²) < 4.78 is 17.0. The lowest BCUT2D eigenvalue weighted by atomic mass is 9.80. The van der Waals surface area contributed by atoms with Crippen LogP contribution in [0, 0.1) is 0 Å². The number of rotatable bonds is 6. The lowest BCUT2D eigenvalue weighted by molar-refractivity contribution is -0.265. The van der Waals surface area contributed by atoms with Gasteiger partial charge in [-0.15, -0.1) is 0 Å². The van der Waals surface area contributed by atoms with Gasteiger partial charge >= 0.3 is 0 Å². The quantitative estimate of drug-likeness (QED) is 0.260. The van der Waals surface area contributed by atoms with Crippen molar-refractivity contribution in [1.29, 1.82) is 0 Å². The van der Waals surface area contributed by atoms with Gasteiger partial charge in [0.05, 0.1) is 36.9 Å². The molecule has 1 saturated heterocycles. The number of aliphatic hydroxyl groups is 2. The number of carbonyl (C=O) groups is 1. The van der Waals surface area contributed by atoms with Gasteiger partial charge in [-0.1, -0.05) is 0 Å². The minimum atomic E-state index is -1.25. The molecule has 1 aliphatic carbocycles. The van der Waals surface area contributed by atoms with Crippen LogP contribution < -0.4 is 22.9 Å². The number of hydrogen-bond donors (Lipinski definition) is 6. The van der Waals surface area contributed by atoms with E-state index in [1.54, 1.807) is 0 Å². The molecule has 0 radical (unpaired) electrons. The molecule has 1 amide bonds. The zero-order chi connectivity index (χ0) is 20.3. The Balaban J connectivity index is 2.23. The Labute approximate surface area is 158 Å². The molecule has 0 spiro atoms. The smallest absolute Gasteiger partial charge is 0.236 e. The summed E-state index contributed by atoms with van der Waals surface area (Å²) in [5, 5.41) is 21.5. The molecule has 9 atom stereocenters. The Morgan fingerprint density at radius 3 is 2.41 bits per heavy atom. The SMILES string of the molecule is CO[C@H]1[C@@H](O)[C@H](N)[C@@H](O[C@H]2O[C@H](CN)CC[C@H]2N)[C@H](O)[C@@H]1N(C)C(=O)CN. The van der Waals surface area contributed by atoms with E-state index in [2.05, 4.69) is 0 Å². The molecule has 0 aromatic carbocycles. The van der Waals surface area contributed by atoms with Crippen molar-refractivity contribution >= 4 is 5.91 Å². The van der Waals surface area contributed by atoms with Gasteiger partial charge < -0.3 is 52.3 Å². The minimum Gasteiger partial charge on any atom is -0.389 e. The molecule has 2 rings (SSSR count). The molecule has 1 saturated carbocycles.